The smallest absolute Gasteiger partial charge is 0.128 e. The van der Waals surface area contributed by atoms with Gasteiger partial charge in [0, 0.05) is 28.2 Å². The maximum Gasteiger partial charge on any atom is 0.128 e. The molecule has 2 aliphatic carbocycles. The molecule has 5 heteroatoms. The highest BCUT2D eigenvalue weighted by molar-refractivity contribution is 9.10. The van der Waals surface area contributed by atoms with Gasteiger partial charge in [0.05, 0.1) is 25.5 Å². The van der Waals surface area contributed by atoms with Crippen LogP contribution < -0.4 is 15.2 Å². The Hall–Kier alpha value is -1.85. The highest BCUT2D eigenvalue weighted by Crippen LogP contribution is 2.59. The summed E-state index contributed by atoms with van der Waals surface area (Å²) in [6.07, 6.45) is 4.64. The van der Waals surface area contributed by atoms with Crippen LogP contribution >= 0.6 is 15.9 Å². The second-order valence-electron chi connectivity index (χ2n) is 6.40. The van der Waals surface area contributed by atoms with E-state index in [1.165, 1.54) is 5.56 Å². The van der Waals surface area contributed by atoms with Crippen molar-refractivity contribution in [3.8, 4) is 11.5 Å². The van der Waals surface area contributed by atoms with Crippen molar-refractivity contribution in [3.05, 3.63) is 63.9 Å². The molecule has 1 aromatic carbocycles. The zero-order valence-corrected chi connectivity index (χ0v) is 15.3. The molecule has 4 nitrogen and oxygen atoms in total. The summed E-state index contributed by atoms with van der Waals surface area (Å²) in [7, 11) is 3.33. The third-order valence-electron chi connectivity index (χ3n) is 5.35. The lowest BCUT2D eigenvalue weighted by molar-refractivity contribution is 0.319. The number of fused-ring (bicyclic) bond motifs is 7. The van der Waals surface area contributed by atoms with Crippen molar-refractivity contribution in [1.82, 2.24) is 4.98 Å². The van der Waals surface area contributed by atoms with Gasteiger partial charge in [-0.25, -0.2) is 0 Å². The maximum absolute atomic E-state index is 7.03. The number of pyridine rings is 1. The molecule has 0 spiro atoms. The number of methoxy groups -OCH3 is 2. The van der Waals surface area contributed by atoms with Gasteiger partial charge in [0.15, 0.2) is 0 Å². The minimum absolute atomic E-state index is 0.0871. The lowest BCUT2D eigenvalue weighted by Gasteiger charge is -2.39. The zero-order valence-electron chi connectivity index (χ0n) is 13.7. The second kappa shape index (κ2) is 5.33. The van der Waals surface area contributed by atoms with E-state index < -0.39 is 5.54 Å². The van der Waals surface area contributed by atoms with Crippen molar-refractivity contribution >= 4 is 15.9 Å². The van der Waals surface area contributed by atoms with E-state index >= 15 is 0 Å². The van der Waals surface area contributed by atoms with Crippen LogP contribution in [0.1, 0.15) is 28.3 Å². The Morgan fingerprint density at radius 2 is 2.12 bits per heavy atom. The number of aromatic nitrogens is 1. The topological polar surface area (TPSA) is 57.4 Å². The van der Waals surface area contributed by atoms with Crippen LogP contribution in [0.4, 0.5) is 0 Å². The third-order valence-corrected chi connectivity index (χ3v) is 5.79. The Bertz CT molecular complexity index is 852. The van der Waals surface area contributed by atoms with Gasteiger partial charge in [-0.3, -0.25) is 4.98 Å². The number of rotatable bonds is 3. The van der Waals surface area contributed by atoms with Crippen LogP contribution in [0, 0.1) is 5.92 Å². The summed E-state index contributed by atoms with van der Waals surface area (Å²) in [5, 5.41) is 0. The molecular formula is C19H19BrN2O2. The monoisotopic (exact) mass is 386 g/mol. The summed E-state index contributed by atoms with van der Waals surface area (Å²) in [6.45, 7) is 4.05. The molecule has 2 bridgehead atoms. The lowest BCUT2D eigenvalue weighted by Crippen LogP contribution is -2.46. The van der Waals surface area contributed by atoms with E-state index in [0.717, 1.165) is 39.2 Å². The SMILES string of the molecule is C=C[C@H]1[C@H]2Cc3cc(OC)cc(OC)c3[C@]1(N)c1ncc(Br)cc12. The van der Waals surface area contributed by atoms with Crippen molar-refractivity contribution in [1.29, 1.82) is 0 Å². The van der Waals surface area contributed by atoms with Crippen molar-refractivity contribution in [2.24, 2.45) is 11.7 Å². The van der Waals surface area contributed by atoms with Crippen LogP contribution in [0.5, 0.6) is 11.5 Å². The summed E-state index contributed by atoms with van der Waals surface area (Å²) in [5.74, 6) is 1.87. The Kier molecular flexibility index (Phi) is 3.48. The number of hydrogen-bond acceptors (Lipinski definition) is 4. The minimum Gasteiger partial charge on any atom is -0.497 e. The largest absolute Gasteiger partial charge is 0.497 e. The molecule has 0 saturated heterocycles. The zero-order chi connectivity index (χ0) is 17.1. The van der Waals surface area contributed by atoms with Gasteiger partial charge in [0.2, 0.25) is 0 Å². The lowest BCUT2D eigenvalue weighted by atomic mass is 9.68. The molecule has 2 N–H and O–H groups in total. The Morgan fingerprint density at radius 3 is 2.79 bits per heavy atom. The van der Waals surface area contributed by atoms with E-state index in [0.29, 0.717) is 0 Å². The second-order valence-corrected chi connectivity index (χ2v) is 7.31. The molecule has 124 valence electrons. The van der Waals surface area contributed by atoms with Crippen molar-refractivity contribution < 1.29 is 9.47 Å². The quantitative estimate of drug-likeness (QED) is 0.819. The fourth-order valence-corrected chi connectivity index (χ4v) is 4.76. The molecule has 2 aromatic rings. The third kappa shape index (κ3) is 1.85. The Labute approximate surface area is 149 Å². The molecule has 3 atom stereocenters. The van der Waals surface area contributed by atoms with Gasteiger partial charge in [-0.2, -0.15) is 0 Å². The summed E-state index contributed by atoms with van der Waals surface area (Å²) in [5.41, 5.74) is 10.6. The van der Waals surface area contributed by atoms with Crippen LogP contribution in [-0.2, 0) is 12.0 Å². The van der Waals surface area contributed by atoms with Gasteiger partial charge in [-0.05, 0) is 51.5 Å². The Morgan fingerprint density at radius 1 is 1.33 bits per heavy atom. The fourth-order valence-electron chi connectivity index (χ4n) is 4.42. The average Bonchev–Trinajstić information content (AvgIpc) is 2.75. The molecule has 0 amide bonds. The summed E-state index contributed by atoms with van der Waals surface area (Å²) < 4.78 is 12.1. The van der Waals surface area contributed by atoms with Crippen molar-refractivity contribution in [2.45, 2.75) is 17.9 Å². The highest BCUT2D eigenvalue weighted by atomic mass is 79.9. The summed E-state index contributed by atoms with van der Waals surface area (Å²) >= 11 is 3.53. The molecule has 0 unspecified atom stereocenters. The number of hydrogen-bond donors (Lipinski definition) is 1. The normalized spacial score (nSPS) is 26.5. The van der Waals surface area contributed by atoms with E-state index in [-0.39, 0.29) is 11.8 Å². The van der Waals surface area contributed by atoms with Crippen LogP contribution in [0.3, 0.4) is 0 Å². The Balaban J connectivity index is 2.06. The molecule has 1 heterocycles. The van der Waals surface area contributed by atoms with E-state index in [9.17, 15) is 0 Å². The van der Waals surface area contributed by atoms with Crippen molar-refractivity contribution in [3.63, 3.8) is 0 Å². The first-order chi connectivity index (χ1) is 11.5. The predicted molar refractivity (Wildman–Crippen MR) is 96.6 cm³/mol. The van der Waals surface area contributed by atoms with Gasteiger partial charge >= 0.3 is 0 Å². The van der Waals surface area contributed by atoms with E-state index in [2.05, 4.69) is 39.6 Å². The minimum atomic E-state index is -0.729. The molecule has 0 saturated carbocycles. The van der Waals surface area contributed by atoms with E-state index in [1.807, 2.05) is 18.3 Å². The van der Waals surface area contributed by atoms with Crippen LogP contribution in [-0.4, -0.2) is 19.2 Å². The van der Waals surface area contributed by atoms with Gasteiger partial charge in [-0.1, -0.05) is 6.08 Å². The van der Waals surface area contributed by atoms with Crippen molar-refractivity contribution in [2.75, 3.05) is 14.2 Å². The number of halogens is 1. The number of nitrogens with zero attached hydrogens (tertiary/aromatic N) is 1. The van der Waals surface area contributed by atoms with E-state index in [1.54, 1.807) is 14.2 Å². The van der Waals surface area contributed by atoms with Gasteiger partial charge < -0.3 is 15.2 Å². The first-order valence-electron chi connectivity index (χ1n) is 7.87. The van der Waals surface area contributed by atoms with Gasteiger partial charge in [0.1, 0.15) is 11.5 Å². The standard InChI is InChI=1S/C19H19BrN2O2/c1-4-15-13-6-10-5-12(23-2)8-16(24-3)17(10)19(15,21)18-14(13)7-11(20)9-22-18/h4-5,7-9,13,15H,1,6,21H2,2-3H3/t13-,15-,19-/m0/s1. The van der Waals surface area contributed by atoms with E-state index in [4.69, 9.17) is 15.2 Å². The molecule has 0 aliphatic heterocycles. The summed E-state index contributed by atoms with van der Waals surface area (Å²) in [6, 6.07) is 6.09. The van der Waals surface area contributed by atoms with Crippen LogP contribution in [0.15, 0.2) is 41.5 Å². The molecule has 1 aromatic heterocycles. The number of nitrogens with two attached hydrogens (primary N) is 1. The number of benzene rings is 1. The number of ether oxygens (including phenoxy) is 2. The molecule has 0 radical (unpaired) electrons. The average molecular weight is 387 g/mol. The first kappa shape index (κ1) is 15.7. The molecule has 24 heavy (non-hydrogen) atoms. The molecule has 2 aliphatic rings. The van der Waals surface area contributed by atoms with Crippen LogP contribution in [0.25, 0.3) is 0 Å². The summed E-state index contributed by atoms with van der Waals surface area (Å²) in [4.78, 5) is 4.68. The fraction of sp³-hybridized carbons (Fsp3) is 0.316. The molecule has 0 fully saturated rings. The van der Waals surface area contributed by atoms with Crippen LogP contribution in [0.2, 0.25) is 0 Å². The molecule has 4 rings (SSSR count). The van der Waals surface area contributed by atoms with Gasteiger partial charge in [-0.15, -0.1) is 6.58 Å². The molecular weight excluding hydrogens is 368 g/mol. The highest BCUT2D eigenvalue weighted by Gasteiger charge is 2.56. The maximum atomic E-state index is 7.03. The predicted octanol–water partition coefficient (Wildman–Crippen LogP) is 3.52. The van der Waals surface area contributed by atoms with Gasteiger partial charge in [0.25, 0.3) is 0 Å². The first-order valence-corrected chi connectivity index (χ1v) is 8.66.